The normalized spacial score (nSPS) is 18.2. The van der Waals surface area contributed by atoms with E-state index in [1.54, 1.807) is 0 Å². The minimum atomic E-state index is -1.27. The van der Waals surface area contributed by atoms with Gasteiger partial charge < -0.3 is 20.6 Å². The summed E-state index contributed by atoms with van der Waals surface area (Å²) in [4.78, 5) is 37.1. The second-order valence-electron chi connectivity index (χ2n) is 8.73. The number of aromatic carboxylic acids is 2. The van der Waals surface area contributed by atoms with Crippen LogP contribution in [0.2, 0.25) is 0 Å². The second kappa shape index (κ2) is 9.26. The predicted octanol–water partition coefficient (Wildman–Crippen LogP) is 3.43. The zero-order chi connectivity index (χ0) is 22.8. The van der Waals surface area contributed by atoms with Gasteiger partial charge >= 0.3 is 11.9 Å². The number of carboxylic acid groups (broad SMARTS) is 2. The molecular formula is C24H28N2O6. The molecule has 1 amide bonds. The van der Waals surface area contributed by atoms with Gasteiger partial charge in [0, 0.05) is 34.0 Å². The van der Waals surface area contributed by atoms with Crippen molar-refractivity contribution < 1.29 is 29.7 Å². The fourth-order valence-corrected chi connectivity index (χ4v) is 5.03. The maximum absolute atomic E-state index is 13.1. The Morgan fingerprint density at radius 2 is 1.25 bits per heavy atom. The molecule has 0 bridgehead atoms. The molecule has 2 aromatic carbocycles. The third-order valence-corrected chi connectivity index (χ3v) is 6.63. The van der Waals surface area contributed by atoms with Gasteiger partial charge in [-0.15, -0.1) is 0 Å². The first-order valence-corrected chi connectivity index (χ1v) is 11.2. The highest BCUT2D eigenvalue weighted by molar-refractivity contribution is 6.19. The van der Waals surface area contributed by atoms with Crippen molar-refractivity contribution in [3.8, 4) is 0 Å². The molecule has 2 aliphatic carbocycles. The van der Waals surface area contributed by atoms with Crippen molar-refractivity contribution in [3.63, 3.8) is 0 Å². The van der Waals surface area contributed by atoms with Crippen LogP contribution in [0, 0.1) is 0 Å². The van der Waals surface area contributed by atoms with Crippen LogP contribution in [0.1, 0.15) is 94.2 Å². The van der Waals surface area contributed by atoms with E-state index in [-0.39, 0.29) is 45.1 Å². The molecule has 0 saturated heterocycles. The number of hydrogen-bond acceptors (Lipinski definition) is 5. The smallest absolute Gasteiger partial charge is 0.336 e. The molecule has 170 valence electrons. The van der Waals surface area contributed by atoms with Crippen molar-refractivity contribution in [2.24, 2.45) is 0 Å². The van der Waals surface area contributed by atoms with E-state index in [9.17, 15) is 29.7 Å². The van der Waals surface area contributed by atoms with Crippen LogP contribution in [0.5, 0.6) is 0 Å². The molecule has 2 aliphatic rings. The van der Waals surface area contributed by atoms with Crippen molar-refractivity contribution >= 4 is 28.6 Å². The summed E-state index contributed by atoms with van der Waals surface area (Å²) in [6.45, 7) is 0. The maximum Gasteiger partial charge on any atom is 0.336 e. The van der Waals surface area contributed by atoms with E-state index in [0.29, 0.717) is 0 Å². The molecule has 0 aliphatic heterocycles. The van der Waals surface area contributed by atoms with Gasteiger partial charge in [0.15, 0.2) is 0 Å². The lowest BCUT2D eigenvalue weighted by Gasteiger charge is -2.22. The van der Waals surface area contributed by atoms with Gasteiger partial charge in [0.1, 0.15) is 6.23 Å². The van der Waals surface area contributed by atoms with Gasteiger partial charge in [0.25, 0.3) is 5.91 Å². The number of carbonyl (C=O) groups excluding carboxylic acids is 1. The lowest BCUT2D eigenvalue weighted by molar-refractivity contribution is 0.0685. The first kappa shape index (κ1) is 22.2. The second-order valence-corrected chi connectivity index (χ2v) is 8.73. The molecule has 2 saturated carbocycles. The predicted molar refractivity (Wildman–Crippen MR) is 118 cm³/mol. The number of hydrogen-bond donors (Lipinski definition) is 5. The molecule has 0 radical (unpaired) electrons. The summed E-state index contributed by atoms with van der Waals surface area (Å²) in [5.41, 5.74) is 0.0355. The molecule has 32 heavy (non-hydrogen) atoms. The van der Waals surface area contributed by atoms with E-state index >= 15 is 0 Å². The van der Waals surface area contributed by atoms with Gasteiger partial charge in [0.2, 0.25) is 0 Å². The van der Waals surface area contributed by atoms with Gasteiger partial charge in [0.05, 0.1) is 11.1 Å². The zero-order valence-corrected chi connectivity index (χ0v) is 17.8. The van der Waals surface area contributed by atoms with E-state index in [1.807, 2.05) is 0 Å². The number of fused-ring (bicyclic) bond motifs is 1. The minimum absolute atomic E-state index is 0.0165. The van der Waals surface area contributed by atoms with Crippen molar-refractivity contribution in [2.75, 3.05) is 0 Å². The van der Waals surface area contributed by atoms with Crippen LogP contribution in [0.25, 0.3) is 10.8 Å². The fraction of sp³-hybridized carbons (Fsp3) is 0.458. The van der Waals surface area contributed by atoms with Gasteiger partial charge in [-0.05, 0) is 43.9 Å². The lowest BCUT2D eigenvalue weighted by atomic mass is 9.90. The summed E-state index contributed by atoms with van der Waals surface area (Å²) in [5, 5.41) is 36.7. The van der Waals surface area contributed by atoms with E-state index < -0.39 is 24.1 Å². The lowest BCUT2D eigenvalue weighted by Crippen LogP contribution is -2.33. The van der Waals surface area contributed by atoms with Crippen LogP contribution in [-0.4, -0.2) is 45.2 Å². The molecule has 0 heterocycles. The molecule has 5 N–H and O–H groups in total. The average molecular weight is 440 g/mol. The summed E-state index contributed by atoms with van der Waals surface area (Å²) in [6.07, 6.45) is 6.49. The summed E-state index contributed by atoms with van der Waals surface area (Å²) in [6, 6.07) is 5.56. The van der Waals surface area contributed by atoms with Crippen LogP contribution < -0.4 is 10.6 Å². The van der Waals surface area contributed by atoms with Crippen LogP contribution in [0.4, 0.5) is 0 Å². The maximum atomic E-state index is 13.1. The molecule has 2 aromatic rings. The minimum Gasteiger partial charge on any atom is -0.478 e. The van der Waals surface area contributed by atoms with Gasteiger partial charge in [-0.3, -0.25) is 10.1 Å². The highest BCUT2D eigenvalue weighted by Gasteiger charge is 2.28. The number of nitrogens with one attached hydrogen (secondary N) is 2. The van der Waals surface area contributed by atoms with E-state index in [0.717, 1.165) is 51.4 Å². The third kappa shape index (κ3) is 4.33. The summed E-state index contributed by atoms with van der Waals surface area (Å²) in [7, 11) is 0. The monoisotopic (exact) mass is 440 g/mol. The standard InChI is InChI=1S/C24H28N2O6/c27-21(25-13-5-1-2-6-13)15-9-11-18(24(31)32)20-16(10-12-17(19(15)20)23(29)30)22(28)26-14-7-3-4-8-14/h9-14,21,25,27H,1-8H2,(H,26,28)(H,29,30)(H,31,32). The Morgan fingerprint density at radius 3 is 1.84 bits per heavy atom. The number of aliphatic hydroxyl groups is 1. The van der Waals surface area contributed by atoms with Gasteiger partial charge in [-0.2, -0.15) is 0 Å². The number of aliphatic hydroxyl groups excluding tert-OH is 1. The van der Waals surface area contributed by atoms with Crippen molar-refractivity contribution in [2.45, 2.75) is 69.7 Å². The summed E-state index contributed by atoms with van der Waals surface area (Å²) < 4.78 is 0. The Labute approximate surface area is 185 Å². The molecular weight excluding hydrogens is 412 g/mol. The largest absolute Gasteiger partial charge is 0.478 e. The van der Waals surface area contributed by atoms with E-state index in [2.05, 4.69) is 10.6 Å². The highest BCUT2D eigenvalue weighted by atomic mass is 16.4. The Balaban J connectivity index is 1.87. The molecule has 8 nitrogen and oxygen atoms in total. The van der Waals surface area contributed by atoms with Gasteiger partial charge in [-0.1, -0.05) is 31.7 Å². The molecule has 4 rings (SSSR count). The Hall–Kier alpha value is -2.97. The first-order valence-electron chi connectivity index (χ1n) is 11.2. The van der Waals surface area contributed by atoms with E-state index in [4.69, 9.17) is 0 Å². The third-order valence-electron chi connectivity index (χ3n) is 6.63. The van der Waals surface area contributed by atoms with Crippen molar-refractivity contribution in [3.05, 3.63) is 46.5 Å². The van der Waals surface area contributed by atoms with Crippen LogP contribution in [0.15, 0.2) is 24.3 Å². The zero-order valence-electron chi connectivity index (χ0n) is 17.8. The summed E-state index contributed by atoms with van der Waals surface area (Å²) >= 11 is 0. The Morgan fingerprint density at radius 1 is 0.750 bits per heavy atom. The van der Waals surface area contributed by atoms with Gasteiger partial charge in [-0.25, -0.2) is 9.59 Å². The highest BCUT2D eigenvalue weighted by Crippen LogP contribution is 2.34. The topological polar surface area (TPSA) is 136 Å². The van der Waals surface area contributed by atoms with Crippen LogP contribution in [0.3, 0.4) is 0 Å². The van der Waals surface area contributed by atoms with Crippen LogP contribution in [-0.2, 0) is 0 Å². The molecule has 8 heteroatoms. The molecule has 0 aromatic heterocycles. The quantitative estimate of drug-likeness (QED) is 0.416. The number of carbonyl (C=O) groups is 3. The van der Waals surface area contributed by atoms with Crippen molar-refractivity contribution in [1.82, 2.24) is 10.6 Å². The Kier molecular flexibility index (Phi) is 6.43. The molecule has 0 spiro atoms. The molecule has 1 unspecified atom stereocenters. The molecule has 2 fully saturated rings. The SMILES string of the molecule is O=C(O)c1ccc(C(O)NC2CCCC2)c2c(C(=O)O)ccc(C(=O)NC3CCCC3)c12. The first-order chi connectivity index (χ1) is 15.4. The van der Waals surface area contributed by atoms with Crippen molar-refractivity contribution in [1.29, 1.82) is 0 Å². The average Bonchev–Trinajstić information content (AvgIpc) is 3.46. The number of benzene rings is 2. The molecule has 1 atom stereocenters. The number of amides is 1. The Bertz CT molecular complexity index is 1050. The number of carboxylic acids is 2. The van der Waals surface area contributed by atoms with Crippen LogP contribution >= 0.6 is 0 Å². The summed E-state index contributed by atoms with van der Waals surface area (Å²) in [5.74, 6) is -2.96. The fourth-order valence-electron chi connectivity index (χ4n) is 5.03. The van der Waals surface area contributed by atoms with E-state index in [1.165, 1.54) is 24.3 Å². The number of rotatable bonds is 7.